The molecule has 5 nitrogen and oxygen atoms in total. The number of carbonyl (C=O) groups is 1. The molecule has 3 rings (SSSR count). The van der Waals surface area contributed by atoms with E-state index in [-0.39, 0.29) is 12.2 Å². The molecule has 0 aliphatic rings. The summed E-state index contributed by atoms with van der Waals surface area (Å²) in [5, 5.41) is 13.7. The van der Waals surface area contributed by atoms with Crippen LogP contribution in [0.2, 0.25) is 0 Å². The van der Waals surface area contributed by atoms with E-state index in [1.165, 1.54) is 4.80 Å². The molecule has 0 N–H and O–H groups in total. The van der Waals surface area contributed by atoms with Crippen LogP contribution in [0.25, 0.3) is 10.8 Å². The molecule has 0 fully saturated rings. The summed E-state index contributed by atoms with van der Waals surface area (Å²) in [6.45, 7) is 0. The van der Waals surface area contributed by atoms with Gasteiger partial charge in [0.25, 0.3) is 0 Å². The maximum atomic E-state index is 12.1. The van der Waals surface area contributed by atoms with Gasteiger partial charge in [0.05, 0.1) is 13.5 Å². The van der Waals surface area contributed by atoms with E-state index in [1.807, 2.05) is 42.5 Å². The zero-order valence-electron chi connectivity index (χ0n) is 10.4. The largest absolute Gasteiger partial charge is 0.294 e. The molecule has 0 unspecified atom stereocenters. The molecule has 0 radical (unpaired) electrons. The molecule has 1 aromatic heterocycles. The highest BCUT2D eigenvalue weighted by molar-refractivity contribution is 6.00. The molecule has 0 saturated carbocycles. The second-order valence-corrected chi connectivity index (χ2v) is 4.36. The average Bonchev–Trinajstić information content (AvgIpc) is 2.83. The van der Waals surface area contributed by atoms with Gasteiger partial charge in [0.1, 0.15) is 0 Å². The number of ketones is 1. The van der Waals surface area contributed by atoms with E-state index in [0.717, 1.165) is 10.8 Å². The first kappa shape index (κ1) is 11.5. The molecule has 0 saturated heterocycles. The third kappa shape index (κ3) is 2.35. The zero-order valence-corrected chi connectivity index (χ0v) is 10.4. The van der Waals surface area contributed by atoms with Crippen LogP contribution in [0.15, 0.2) is 42.5 Å². The minimum atomic E-state index is -0.00115. The van der Waals surface area contributed by atoms with Crippen molar-refractivity contribution in [2.45, 2.75) is 6.42 Å². The lowest BCUT2D eigenvalue weighted by molar-refractivity contribution is 0.0991. The van der Waals surface area contributed by atoms with Gasteiger partial charge in [0, 0.05) is 5.56 Å². The van der Waals surface area contributed by atoms with E-state index >= 15 is 0 Å². The average molecular weight is 252 g/mol. The first-order chi connectivity index (χ1) is 9.22. The zero-order chi connectivity index (χ0) is 13.2. The summed E-state index contributed by atoms with van der Waals surface area (Å²) in [6.07, 6.45) is 0.173. The van der Waals surface area contributed by atoms with Crippen molar-refractivity contribution < 1.29 is 4.79 Å². The smallest absolute Gasteiger partial charge is 0.182 e. The summed E-state index contributed by atoms with van der Waals surface area (Å²) >= 11 is 0. The van der Waals surface area contributed by atoms with Gasteiger partial charge in [-0.25, -0.2) is 0 Å². The number of hydrogen-bond donors (Lipinski definition) is 0. The fourth-order valence-electron chi connectivity index (χ4n) is 2.00. The Labute approximate surface area is 109 Å². The summed E-state index contributed by atoms with van der Waals surface area (Å²) in [5.74, 6) is 0.444. The lowest BCUT2D eigenvalue weighted by Gasteiger charge is -2.01. The molecule has 3 aromatic rings. The molecule has 19 heavy (non-hydrogen) atoms. The number of tetrazole rings is 1. The van der Waals surface area contributed by atoms with Crippen molar-refractivity contribution in [2.75, 3.05) is 0 Å². The molecule has 5 heteroatoms. The molecular formula is C14H12N4O. The highest BCUT2D eigenvalue weighted by atomic mass is 16.1. The van der Waals surface area contributed by atoms with Gasteiger partial charge in [0.15, 0.2) is 11.6 Å². The number of fused-ring (bicyclic) bond motifs is 1. The molecule has 0 amide bonds. The van der Waals surface area contributed by atoms with Gasteiger partial charge < -0.3 is 0 Å². The highest BCUT2D eigenvalue weighted by Crippen LogP contribution is 2.16. The van der Waals surface area contributed by atoms with E-state index in [4.69, 9.17) is 0 Å². The Balaban J connectivity index is 1.89. The fourth-order valence-corrected chi connectivity index (χ4v) is 2.00. The van der Waals surface area contributed by atoms with Gasteiger partial charge in [-0.05, 0) is 22.1 Å². The van der Waals surface area contributed by atoms with Crippen LogP contribution in [0.3, 0.4) is 0 Å². The molecule has 0 aliphatic heterocycles. The van der Waals surface area contributed by atoms with Crippen molar-refractivity contribution in [1.82, 2.24) is 20.2 Å². The Morgan fingerprint density at radius 3 is 2.68 bits per heavy atom. The van der Waals surface area contributed by atoms with Crippen LogP contribution < -0.4 is 0 Å². The Bertz CT molecular complexity index is 748. The van der Waals surface area contributed by atoms with Crippen molar-refractivity contribution in [3.63, 3.8) is 0 Å². The number of Topliss-reactive ketones (excluding diaryl/α,β-unsaturated/α-hetero) is 1. The molecule has 1 heterocycles. The maximum absolute atomic E-state index is 12.1. The molecule has 0 aliphatic carbocycles. The topological polar surface area (TPSA) is 60.7 Å². The van der Waals surface area contributed by atoms with E-state index in [1.54, 1.807) is 7.05 Å². The summed E-state index contributed by atoms with van der Waals surface area (Å²) in [5.41, 5.74) is 0.672. The quantitative estimate of drug-likeness (QED) is 0.667. The van der Waals surface area contributed by atoms with E-state index in [0.29, 0.717) is 11.4 Å². The van der Waals surface area contributed by atoms with E-state index in [2.05, 4.69) is 15.4 Å². The first-order valence-electron chi connectivity index (χ1n) is 5.97. The van der Waals surface area contributed by atoms with Gasteiger partial charge in [-0.15, -0.1) is 10.2 Å². The van der Waals surface area contributed by atoms with E-state index < -0.39 is 0 Å². The summed E-state index contributed by atoms with van der Waals surface area (Å²) < 4.78 is 0. The molecular weight excluding hydrogens is 240 g/mol. The number of nitrogens with zero attached hydrogens (tertiary/aromatic N) is 4. The van der Waals surface area contributed by atoms with Crippen LogP contribution >= 0.6 is 0 Å². The number of aromatic nitrogens is 4. The highest BCUT2D eigenvalue weighted by Gasteiger charge is 2.11. The predicted octanol–water partition coefficient (Wildman–Crippen LogP) is 1.79. The van der Waals surface area contributed by atoms with Gasteiger partial charge in [0.2, 0.25) is 0 Å². The fraction of sp³-hybridized carbons (Fsp3) is 0.143. The van der Waals surface area contributed by atoms with Crippen molar-refractivity contribution in [1.29, 1.82) is 0 Å². The summed E-state index contributed by atoms with van der Waals surface area (Å²) in [4.78, 5) is 13.5. The van der Waals surface area contributed by atoms with Crippen molar-refractivity contribution in [3.05, 3.63) is 53.9 Å². The van der Waals surface area contributed by atoms with Crippen molar-refractivity contribution in [3.8, 4) is 0 Å². The number of carbonyl (C=O) groups excluding carboxylic acids is 1. The third-order valence-electron chi connectivity index (χ3n) is 2.94. The van der Waals surface area contributed by atoms with Gasteiger partial charge in [-0.2, -0.15) is 4.80 Å². The minimum absolute atomic E-state index is 0.00115. The van der Waals surface area contributed by atoms with Crippen LogP contribution in [-0.4, -0.2) is 26.0 Å². The Morgan fingerprint density at radius 2 is 1.95 bits per heavy atom. The second kappa shape index (κ2) is 4.61. The molecule has 0 bridgehead atoms. The number of benzene rings is 2. The van der Waals surface area contributed by atoms with Crippen LogP contribution in [0.5, 0.6) is 0 Å². The Hall–Kier alpha value is -2.56. The normalized spacial score (nSPS) is 10.8. The van der Waals surface area contributed by atoms with Gasteiger partial charge in [-0.3, -0.25) is 4.79 Å². The molecule has 94 valence electrons. The maximum Gasteiger partial charge on any atom is 0.182 e. The van der Waals surface area contributed by atoms with Crippen LogP contribution in [0.4, 0.5) is 0 Å². The van der Waals surface area contributed by atoms with E-state index in [9.17, 15) is 4.79 Å². The van der Waals surface area contributed by atoms with Crippen LogP contribution in [0.1, 0.15) is 16.2 Å². The van der Waals surface area contributed by atoms with Crippen molar-refractivity contribution in [2.24, 2.45) is 7.05 Å². The first-order valence-corrected chi connectivity index (χ1v) is 5.97. The van der Waals surface area contributed by atoms with Crippen molar-refractivity contribution >= 4 is 16.6 Å². The standard InChI is InChI=1S/C14H12N4O/c1-18-16-14(15-17-18)9-13(19)12-7-6-10-4-2-3-5-11(10)8-12/h2-8H,9H2,1H3. The van der Waals surface area contributed by atoms with Gasteiger partial charge in [-0.1, -0.05) is 36.4 Å². The van der Waals surface area contributed by atoms with Crippen LogP contribution in [0, 0.1) is 0 Å². The molecule has 0 spiro atoms. The SMILES string of the molecule is Cn1nnc(CC(=O)c2ccc3ccccc3c2)n1. The minimum Gasteiger partial charge on any atom is -0.294 e. The third-order valence-corrected chi connectivity index (χ3v) is 2.94. The number of rotatable bonds is 3. The predicted molar refractivity (Wildman–Crippen MR) is 70.8 cm³/mol. The lowest BCUT2D eigenvalue weighted by Crippen LogP contribution is -2.05. The summed E-state index contributed by atoms with van der Waals surface area (Å²) in [6, 6.07) is 13.6. The number of aryl methyl sites for hydroxylation is 1. The summed E-state index contributed by atoms with van der Waals surface area (Å²) in [7, 11) is 1.68. The monoisotopic (exact) mass is 252 g/mol. The molecule has 0 atom stereocenters. The molecule has 2 aromatic carbocycles. The lowest BCUT2D eigenvalue weighted by atomic mass is 10.0. The van der Waals surface area contributed by atoms with Crippen LogP contribution in [-0.2, 0) is 13.5 Å². The van der Waals surface area contributed by atoms with Gasteiger partial charge >= 0.3 is 0 Å². The second-order valence-electron chi connectivity index (χ2n) is 4.36. The Kier molecular flexibility index (Phi) is 2.79. The number of hydrogen-bond acceptors (Lipinski definition) is 4. The Morgan fingerprint density at radius 1 is 1.16 bits per heavy atom.